The van der Waals surface area contributed by atoms with E-state index < -0.39 is 10.0 Å². The van der Waals surface area contributed by atoms with Crippen LogP contribution in [0.2, 0.25) is 0 Å². The molecular formula is C16H26N2O2S. The number of hydrogen-bond donors (Lipinski definition) is 1. The molecule has 1 N–H and O–H groups in total. The minimum Gasteiger partial charge on any atom is -0.320 e. The van der Waals surface area contributed by atoms with Crippen LogP contribution in [0.25, 0.3) is 0 Å². The van der Waals surface area contributed by atoms with Gasteiger partial charge in [-0.15, -0.1) is 6.58 Å². The number of benzene rings is 1. The van der Waals surface area contributed by atoms with E-state index in [1.54, 1.807) is 18.2 Å². The summed E-state index contributed by atoms with van der Waals surface area (Å²) in [6, 6.07) is 7.22. The fourth-order valence-electron chi connectivity index (χ4n) is 2.15. The molecule has 1 aromatic carbocycles. The maximum Gasteiger partial charge on any atom is 0.243 e. The van der Waals surface area contributed by atoms with E-state index in [4.69, 9.17) is 0 Å². The first kappa shape index (κ1) is 17.9. The molecule has 0 bridgehead atoms. The van der Waals surface area contributed by atoms with E-state index >= 15 is 0 Å². The molecule has 0 aromatic heterocycles. The summed E-state index contributed by atoms with van der Waals surface area (Å²) in [5.41, 5.74) is 1.16. The molecule has 0 aliphatic heterocycles. The van der Waals surface area contributed by atoms with Gasteiger partial charge in [-0.25, -0.2) is 8.42 Å². The average molecular weight is 310 g/mol. The van der Waals surface area contributed by atoms with Gasteiger partial charge in [-0.05, 0) is 50.6 Å². The van der Waals surface area contributed by atoms with Crippen molar-refractivity contribution in [2.45, 2.75) is 31.1 Å². The molecule has 1 rings (SSSR count). The number of aryl methyl sites for hydroxylation is 1. The number of rotatable bonds is 10. The molecule has 0 saturated heterocycles. The van der Waals surface area contributed by atoms with Gasteiger partial charge >= 0.3 is 0 Å². The van der Waals surface area contributed by atoms with Crippen molar-refractivity contribution >= 4 is 10.0 Å². The molecule has 0 aliphatic rings. The first-order valence-corrected chi connectivity index (χ1v) is 8.84. The van der Waals surface area contributed by atoms with Crippen LogP contribution in [0, 0.1) is 0 Å². The Morgan fingerprint density at radius 1 is 1.29 bits per heavy atom. The largest absolute Gasteiger partial charge is 0.320 e. The number of nitrogens with one attached hydrogen (secondary N) is 1. The van der Waals surface area contributed by atoms with Gasteiger partial charge in [0.25, 0.3) is 0 Å². The van der Waals surface area contributed by atoms with E-state index in [1.165, 1.54) is 4.31 Å². The second-order valence-electron chi connectivity index (χ2n) is 5.00. The lowest BCUT2D eigenvalue weighted by Gasteiger charge is -2.20. The van der Waals surface area contributed by atoms with E-state index in [-0.39, 0.29) is 0 Å². The molecule has 0 saturated carbocycles. The lowest BCUT2D eigenvalue weighted by atomic mass is 10.1. The molecule has 0 aliphatic carbocycles. The SMILES string of the molecule is C=CCN(CCC)S(=O)(=O)c1ccc(CCCNC)cc1. The summed E-state index contributed by atoms with van der Waals surface area (Å²) in [5, 5.41) is 3.10. The van der Waals surface area contributed by atoms with Gasteiger partial charge in [-0.3, -0.25) is 0 Å². The van der Waals surface area contributed by atoms with Gasteiger partial charge in [0.2, 0.25) is 10.0 Å². The summed E-state index contributed by atoms with van der Waals surface area (Å²) in [5.74, 6) is 0. The molecule has 0 unspecified atom stereocenters. The molecule has 0 heterocycles. The topological polar surface area (TPSA) is 49.4 Å². The van der Waals surface area contributed by atoms with Crippen LogP contribution in [0.4, 0.5) is 0 Å². The molecule has 1 aromatic rings. The van der Waals surface area contributed by atoms with Crippen molar-refractivity contribution in [3.05, 3.63) is 42.5 Å². The minimum atomic E-state index is -3.42. The molecule has 21 heavy (non-hydrogen) atoms. The first-order valence-electron chi connectivity index (χ1n) is 7.40. The van der Waals surface area contributed by atoms with Gasteiger partial charge < -0.3 is 5.32 Å². The van der Waals surface area contributed by atoms with E-state index in [9.17, 15) is 8.42 Å². The van der Waals surface area contributed by atoms with Crippen molar-refractivity contribution < 1.29 is 8.42 Å². The van der Waals surface area contributed by atoms with Gasteiger partial charge in [0, 0.05) is 13.1 Å². The van der Waals surface area contributed by atoms with Gasteiger partial charge in [0.15, 0.2) is 0 Å². The standard InChI is InChI=1S/C16H26N2O2S/c1-4-13-18(14-5-2)21(19,20)16-10-8-15(9-11-16)7-6-12-17-3/h4,8-11,17H,1,5-7,12-14H2,2-3H3. The summed E-state index contributed by atoms with van der Waals surface area (Å²) in [7, 11) is -1.49. The summed E-state index contributed by atoms with van der Waals surface area (Å²) >= 11 is 0. The average Bonchev–Trinajstić information content (AvgIpc) is 2.48. The van der Waals surface area contributed by atoms with E-state index in [2.05, 4.69) is 11.9 Å². The zero-order chi connectivity index (χ0) is 15.7. The molecule has 0 fully saturated rings. The number of hydrogen-bond acceptors (Lipinski definition) is 3. The van der Waals surface area contributed by atoms with Gasteiger partial charge in [-0.2, -0.15) is 4.31 Å². The normalized spacial score (nSPS) is 11.8. The molecule has 0 radical (unpaired) electrons. The predicted molar refractivity (Wildman–Crippen MR) is 87.9 cm³/mol. The lowest BCUT2D eigenvalue weighted by molar-refractivity contribution is 0.441. The minimum absolute atomic E-state index is 0.347. The lowest BCUT2D eigenvalue weighted by Crippen LogP contribution is -2.32. The van der Waals surface area contributed by atoms with Crippen LogP contribution in [0.5, 0.6) is 0 Å². The van der Waals surface area contributed by atoms with Crippen LogP contribution in [-0.2, 0) is 16.4 Å². The third kappa shape index (κ3) is 5.26. The Kier molecular flexibility index (Phi) is 7.64. The van der Waals surface area contributed by atoms with Crippen LogP contribution in [0.3, 0.4) is 0 Å². The quantitative estimate of drug-likeness (QED) is 0.533. The first-order chi connectivity index (χ1) is 10.1. The molecule has 0 amide bonds. The fraction of sp³-hybridized carbons (Fsp3) is 0.500. The Balaban J connectivity index is 2.85. The molecular weight excluding hydrogens is 284 g/mol. The van der Waals surface area contributed by atoms with Crippen molar-refractivity contribution in [3.63, 3.8) is 0 Å². The number of nitrogens with zero attached hydrogens (tertiary/aromatic N) is 1. The summed E-state index contributed by atoms with van der Waals surface area (Å²) in [4.78, 5) is 0.357. The second kappa shape index (κ2) is 8.97. The van der Waals surface area contributed by atoms with Crippen LogP contribution in [-0.4, -0.2) is 39.4 Å². The van der Waals surface area contributed by atoms with E-state index in [0.717, 1.165) is 31.4 Å². The van der Waals surface area contributed by atoms with E-state index in [0.29, 0.717) is 18.0 Å². The Morgan fingerprint density at radius 3 is 2.48 bits per heavy atom. The Bertz CT molecular complexity index is 524. The Hall–Kier alpha value is -1.17. The maximum absolute atomic E-state index is 12.6. The second-order valence-corrected chi connectivity index (χ2v) is 6.94. The zero-order valence-electron chi connectivity index (χ0n) is 13.0. The molecule has 0 atom stereocenters. The van der Waals surface area contributed by atoms with Crippen LogP contribution >= 0.6 is 0 Å². The summed E-state index contributed by atoms with van der Waals surface area (Å²) in [6.07, 6.45) is 4.40. The Labute approximate surface area is 128 Å². The molecule has 0 spiro atoms. The fourth-order valence-corrected chi connectivity index (χ4v) is 3.65. The smallest absolute Gasteiger partial charge is 0.243 e. The van der Waals surface area contributed by atoms with Crippen molar-refractivity contribution in [1.82, 2.24) is 9.62 Å². The molecule has 5 heteroatoms. The van der Waals surface area contributed by atoms with Crippen LogP contribution < -0.4 is 5.32 Å². The highest BCUT2D eigenvalue weighted by Gasteiger charge is 2.22. The molecule has 4 nitrogen and oxygen atoms in total. The monoisotopic (exact) mass is 310 g/mol. The van der Waals surface area contributed by atoms with Crippen LogP contribution in [0.1, 0.15) is 25.3 Å². The van der Waals surface area contributed by atoms with Gasteiger partial charge in [0.1, 0.15) is 0 Å². The zero-order valence-corrected chi connectivity index (χ0v) is 13.8. The summed E-state index contributed by atoms with van der Waals surface area (Å²) in [6.45, 7) is 7.42. The Morgan fingerprint density at radius 2 is 1.95 bits per heavy atom. The van der Waals surface area contributed by atoms with Gasteiger partial charge in [0.05, 0.1) is 4.90 Å². The van der Waals surface area contributed by atoms with Gasteiger partial charge in [-0.1, -0.05) is 25.1 Å². The third-order valence-corrected chi connectivity index (χ3v) is 5.14. The highest BCUT2D eigenvalue weighted by atomic mass is 32.2. The van der Waals surface area contributed by atoms with Crippen LogP contribution in [0.15, 0.2) is 41.8 Å². The number of sulfonamides is 1. The van der Waals surface area contributed by atoms with Crippen molar-refractivity contribution in [3.8, 4) is 0 Å². The van der Waals surface area contributed by atoms with Crippen molar-refractivity contribution in [1.29, 1.82) is 0 Å². The predicted octanol–water partition coefficient (Wildman–Crippen LogP) is 2.43. The van der Waals surface area contributed by atoms with Crippen molar-refractivity contribution in [2.75, 3.05) is 26.7 Å². The van der Waals surface area contributed by atoms with Crippen molar-refractivity contribution in [2.24, 2.45) is 0 Å². The maximum atomic E-state index is 12.6. The molecule has 118 valence electrons. The van der Waals surface area contributed by atoms with E-state index in [1.807, 2.05) is 26.1 Å². The highest BCUT2D eigenvalue weighted by molar-refractivity contribution is 7.89. The highest BCUT2D eigenvalue weighted by Crippen LogP contribution is 2.17. The third-order valence-electron chi connectivity index (χ3n) is 3.26. The summed E-state index contributed by atoms with van der Waals surface area (Å²) < 4.78 is 26.6.